The van der Waals surface area contributed by atoms with E-state index in [2.05, 4.69) is 16.0 Å². The van der Waals surface area contributed by atoms with Crippen molar-refractivity contribution in [3.05, 3.63) is 0 Å². The minimum absolute atomic E-state index is 0.0962. The highest BCUT2D eigenvalue weighted by atomic mass is 32.2. The highest BCUT2D eigenvalue weighted by molar-refractivity contribution is 7.99. The third kappa shape index (κ3) is 16.7. The Hall–Kier alpha value is -3.47. The molecule has 1 saturated heterocycles. The number of rotatable bonds is 9. The Morgan fingerprint density at radius 3 is 1.28 bits per heavy atom. The highest BCUT2D eigenvalue weighted by Crippen LogP contribution is 2.31. The van der Waals surface area contributed by atoms with Crippen molar-refractivity contribution in [2.24, 2.45) is 0 Å². The van der Waals surface area contributed by atoms with E-state index in [0.29, 0.717) is 0 Å². The molecule has 17 heteroatoms. The fraction of sp³-hybridized carbons (Fsp3) is 0.769. The van der Waals surface area contributed by atoms with E-state index in [9.17, 15) is 33.9 Å². The average Bonchev–Trinajstić information content (AvgIpc) is 2.81. The molecule has 4 N–H and O–H groups in total. The summed E-state index contributed by atoms with van der Waals surface area (Å²) in [4.78, 5) is 73.4. The smallest absolute Gasteiger partial charge is 0.408 e. The number of nitrogens with one attached hydrogen (secondary N) is 3. The van der Waals surface area contributed by atoms with Crippen molar-refractivity contribution in [3.8, 4) is 0 Å². The number of esters is 3. The number of hydrogen-bond donors (Lipinski definition) is 4. The first-order chi connectivity index (χ1) is 19.5. The van der Waals surface area contributed by atoms with Gasteiger partial charge in [-0.2, -0.15) is 0 Å². The summed E-state index contributed by atoms with van der Waals surface area (Å²) in [6.07, 6.45) is -7.05. The van der Waals surface area contributed by atoms with Crippen molar-refractivity contribution in [3.63, 3.8) is 0 Å². The van der Waals surface area contributed by atoms with Gasteiger partial charge in [0.15, 0.2) is 18.3 Å². The molecule has 246 valence electrons. The quantitative estimate of drug-likeness (QED) is 0.208. The Kier molecular flexibility index (Phi) is 13.8. The van der Waals surface area contributed by atoms with E-state index in [-0.39, 0.29) is 5.75 Å². The zero-order valence-electron chi connectivity index (χ0n) is 25.9. The number of aliphatic hydroxyl groups is 1. The number of carbonyl (C=O) groups excluding carboxylic acids is 6. The Balaban J connectivity index is 2.99. The molecule has 0 unspecified atom stereocenters. The Labute approximate surface area is 254 Å². The topological polar surface area (TPSA) is 214 Å². The first-order valence-corrected chi connectivity index (χ1v) is 14.4. The molecule has 4 atom stereocenters. The van der Waals surface area contributed by atoms with Crippen LogP contribution in [0.25, 0.3) is 0 Å². The minimum Gasteiger partial charge on any atom is -0.456 e. The summed E-state index contributed by atoms with van der Waals surface area (Å²) in [5, 5.41) is 17.2. The van der Waals surface area contributed by atoms with Crippen molar-refractivity contribution in [1.29, 1.82) is 0 Å². The number of carbonyl (C=O) groups is 6. The third-order valence-corrected chi connectivity index (χ3v) is 5.68. The third-order valence-electron chi connectivity index (χ3n) is 4.55. The first-order valence-electron chi connectivity index (χ1n) is 13.3. The Morgan fingerprint density at radius 2 is 0.930 bits per heavy atom. The van der Waals surface area contributed by atoms with Gasteiger partial charge in [-0.1, -0.05) is 0 Å². The fourth-order valence-corrected chi connectivity index (χ4v) is 4.14. The maximum Gasteiger partial charge on any atom is 0.408 e. The van der Waals surface area contributed by atoms with Crippen LogP contribution < -0.4 is 16.0 Å². The lowest BCUT2D eigenvalue weighted by atomic mass is 10.1. The van der Waals surface area contributed by atoms with Crippen LogP contribution in [-0.4, -0.2) is 107 Å². The van der Waals surface area contributed by atoms with Crippen LogP contribution in [-0.2, 0) is 42.8 Å². The van der Waals surface area contributed by atoms with Crippen LogP contribution in [0, 0.1) is 0 Å². The van der Waals surface area contributed by atoms with Crippen LogP contribution in [0.1, 0.15) is 62.3 Å². The molecule has 0 bridgehead atoms. The van der Waals surface area contributed by atoms with Gasteiger partial charge in [-0.3, -0.25) is 14.4 Å². The molecule has 0 spiro atoms. The van der Waals surface area contributed by atoms with E-state index < -0.39 is 96.4 Å². The van der Waals surface area contributed by atoms with Gasteiger partial charge in [0.1, 0.15) is 41.9 Å². The van der Waals surface area contributed by atoms with Crippen LogP contribution in [0.4, 0.5) is 14.4 Å². The second-order valence-corrected chi connectivity index (χ2v) is 13.4. The van der Waals surface area contributed by atoms with Gasteiger partial charge in [-0.05, 0) is 62.3 Å². The molecule has 0 aromatic rings. The van der Waals surface area contributed by atoms with Crippen molar-refractivity contribution in [1.82, 2.24) is 16.0 Å². The van der Waals surface area contributed by atoms with Gasteiger partial charge >= 0.3 is 36.2 Å². The zero-order valence-corrected chi connectivity index (χ0v) is 26.7. The monoisotopic (exact) mass is 637 g/mol. The summed E-state index contributed by atoms with van der Waals surface area (Å²) in [5.74, 6) is -3.10. The number of thioether (sulfide) groups is 1. The van der Waals surface area contributed by atoms with E-state index in [1.165, 1.54) is 0 Å². The summed E-state index contributed by atoms with van der Waals surface area (Å²) in [6, 6.07) is 0. The van der Waals surface area contributed by atoms with Crippen molar-refractivity contribution in [2.75, 3.05) is 25.4 Å². The lowest BCUT2D eigenvalue weighted by Gasteiger charge is -2.38. The summed E-state index contributed by atoms with van der Waals surface area (Å²) in [6.45, 7) is 12.7. The molecule has 0 aliphatic carbocycles. The number of alkyl carbamates (subject to hydrolysis) is 3. The molecule has 43 heavy (non-hydrogen) atoms. The van der Waals surface area contributed by atoms with Crippen molar-refractivity contribution in [2.45, 2.75) is 103 Å². The molecule has 0 aromatic carbocycles. The van der Waals surface area contributed by atoms with Crippen molar-refractivity contribution >= 4 is 47.9 Å². The zero-order chi connectivity index (χ0) is 33.2. The van der Waals surface area contributed by atoms with Gasteiger partial charge in [-0.15, -0.1) is 11.8 Å². The summed E-state index contributed by atoms with van der Waals surface area (Å²) in [7, 11) is 0. The molecule has 1 fully saturated rings. The molecule has 1 heterocycles. The first kappa shape index (κ1) is 37.6. The molecule has 1 aliphatic rings. The van der Waals surface area contributed by atoms with Crippen LogP contribution in [0.2, 0.25) is 0 Å². The SMILES string of the molecule is CC(C)(C)OC(=O)NCC(=O)O[C@@H]1[C@@H](OC(=O)CNC(=O)OC(C)(C)C)[C@H](OC(=O)CNC(=O)OC(C)(C)C)CS[C@H]1O. The molecule has 1 rings (SSSR count). The fourth-order valence-electron chi connectivity index (χ4n) is 3.10. The molecule has 0 aromatic heterocycles. The molecule has 16 nitrogen and oxygen atoms in total. The molecular weight excluding hydrogens is 594 g/mol. The lowest BCUT2D eigenvalue weighted by Crippen LogP contribution is -2.56. The predicted molar refractivity (Wildman–Crippen MR) is 151 cm³/mol. The lowest BCUT2D eigenvalue weighted by molar-refractivity contribution is -0.189. The maximum atomic E-state index is 12.6. The van der Waals surface area contributed by atoms with E-state index in [0.717, 1.165) is 11.8 Å². The maximum absolute atomic E-state index is 12.6. The van der Waals surface area contributed by atoms with Gasteiger partial charge < -0.3 is 49.5 Å². The highest BCUT2D eigenvalue weighted by Gasteiger charge is 2.46. The summed E-state index contributed by atoms with van der Waals surface area (Å²) in [5.41, 5.74) is -3.91. The molecule has 0 saturated carbocycles. The molecule has 1 aliphatic heterocycles. The predicted octanol–water partition coefficient (Wildman–Crippen LogP) is 1.36. The number of aliphatic hydroxyl groups excluding tert-OH is 1. The van der Waals surface area contributed by atoms with Gasteiger partial charge in [0.05, 0.1) is 0 Å². The number of hydrogen-bond acceptors (Lipinski definition) is 14. The second-order valence-electron chi connectivity index (χ2n) is 12.2. The van der Waals surface area contributed by atoms with Crippen LogP contribution in [0.5, 0.6) is 0 Å². The second kappa shape index (κ2) is 15.8. The van der Waals surface area contributed by atoms with Crippen LogP contribution >= 0.6 is 11.8 Å². The molecular formula is C26H43N3O13S. The van der Waals surface area contributed by atoms with Crippen molar-refractivity contribution < 1.29 is 62.3 Å². The summed E-state index contributed by atoms with van der Waals surface area (Å²) < 4.78 is 31.3. The molecule has 3 amide bonds. The van der Waals surface area contributed by atoms with E-state index in [1.807, 2.05) is 0 Å². The summed E-state index contributed by atoms with van der Waals surface area (Å²) >= 11 is 0.834. The van der Waals surface area contributed by atoms with Gasteiger partial charge in [-0.25, -0.2) is 14.4 Å². The standard InChI is InChI=1S/C26H43N3O13S/c1-24(2,3)40-21(34)27-10-15(30)37-14-13-43-20(33)19(39-17(32)12-29-23(36)42-26(7,8)9)18(14)38-16(31)11-28-22(35)41-25(4,5)6/h14,18-20,33H,10-13H2,1-9H3,(H,27,34)(H,28,35)(H,29,36)/t14-,18+,19-,20-/m1/s1. The van der Waals surface area contributed by atoms with Gasteiger partial charge in [0, 0.05) is 5.75 Å². The van der Waals surface area contributed by atoms with E-state index >= 15 is 0 Å². The van der Waals surface area contributed by atoms with Gasteiger partial charge in [0.25, 0.3) is 0 Å². The Bertz CT molecular complexity index is 1020. The van der Waals surface area contributed by atoms with E-state index in [4.69, 9.17) is 28.4 Å². The van der Waals surface area contributed by atoms with Crippen LogP contribution in [0.15, 0.2) is 0 Å². The largest absolute Gasteiger partial charge is 0.456 e. The van der Waals surface area contributed by atoms with E-state index in [1.54, 1.807) is 62.3 Å². The average molecular weight is 638 g/mol. The minimum atomic E-state index is -1.56. The molecule has 0 radical (unpaired) electrons. The Morgan fingerprint density at radius 1 is 0.605 bits per heavy atom. The van der Waals surface area contributed by atoms with Gasteiger partial charge in [0.2, 0.25) is 0 Å². The normalized spacial score (nSPS) is 20.5. The number of amides is 3. The number of ether oxygens (including phenoxy) is 6. The van der Waals surface area contributed by atoms with Crippen LogP contribution in [0.3, 0.4) is 0 Å².